The lowest BCUT2D eigenvalue weighted by atomic mass is 9.88. The number of nitrogens with zero attached hydrogens (tertiary/aromatic N) is 5. The van der Waals surface area contributed by atoms with Crippen molar-refractivity contribution >= 4 is 43.9 Å². The van der Waals surface area contributed by atoms with E-state index in [1.54, 1.807) is 12.3 Å². The Labute approximate surface area is 231 Å². The van der Waals surface area contributed by atoms with Crippen LogP contribution in [-0.2, 0) is 9.84 Å². The Morgan fingerprint density at radius 1 is 1.15 bits per heavy atom. The van der Waals surface area contributed by atoms with E-state index in [9.17, 15) is 26.7 Å². The minimum Gasteiger partial charge on any atom is -0.368 e. The van der Waals surface area contributed by atoms with E-state index in [1.807, 2.05) is 13.0 Å². The number of pyridine rings is 1. The number of fused-ring (bicyclic) bond motifs is 1. The maximum Gasteiger partial charge on any atom is 0.322 e. The fourth-order valence-corrected chi connectivity index (χ4v) is 6.60. The molecule has 2 aromatic heterocycles. The number of alkyl halides is 3. The molecule has 0 unspecified atom stereocenters. The second-order valence-corrected chi connectivity index (χ2v) is 13.4. The zero-order chi connectivity index (χ0) is 29.0. The maximum absolute atomic E-state index is 14.1. The lowest BCUT2D eigenvalue weighted by Gasteiger charge is -2.48. The Morgan fingerprint density at radius 3 is 2.55 bits per heavy atom. The zero-order valence-corrected chi connectivity index (χ0v) is 23.6. The Bertz CT molecular complexity index is 1540. The van der Waals surface area contributed by atoms with Crippen LogP contribution >= 0.6 is 0 Å². The number of halogens is 3. The Morgan fingerprint density at radius 2 is 1.90 bits per heavy atom. The lowest BCUT2D eigenvalue weighted by molar-refractivity contribution is -0.258. The molecule has 3 aromatic rings. The van der Waals surface area contributed by atoms with E-state index in [0.717, 1.165) is 26.9 Å². The van der Waals surface area contributed by atoms with Gasteiger partial charge in [0.25, 0.3) is 5.85 Å². The monoisotopic (exact) mass is 578 g/mol. The maximum atomic E-state index is 14.1. The van der Waals surface area contributed by atoms with Crippen molar-refractivity contribution in [2.75, 3.05) is 46.8 Å². The first-order valence-electron chi connectivity index (χ1n) is 13.2. The van der Waals surface area contributed by atoms with Gasteiger partial charge < -0.3 is 20.2 Å². The molecular formula is C27H33F3N6O3S. The van der Waals surface area contributed by atoms with Gasteiger partial charge in [-0.3, -0.25) is 0 Å². The summed E-state index contributed by atoms with van der Waals surface area (Å²) in [5, 5.41) is 14.4. The number of piperidine rings is 1. The third-order valence-corrected chi connectivity index (χ3v) is 8.84. The summed E-state index contributed by atoms with van der Waals surface area (Å²) in [6.45, 7) is 5.66. The number of aliphatic hydroxyl groups is 1. The number of hydrogen-bond acceptors (Lipinski definition) is 9. The highest BCUT2D eigenvalue weighted by atomic mass is 32.2. The highest BCUT2D eigenvalue weighted by molar-refractivity contribution is 7.90. The van der Waals surface area contributed by atoms with Gasteiger partial charge in [0.15, 0.2) is 0 Å². The summed E-state index contributed by atoms with van der Waals surface area (Å²) in [6, 6.07) is 7.69. The molecule has 0 saturated carbocycles. The second-order valence-electron chi connectivity index (χ2n) is 11.2. The molecule has 9 nitrogen and oxygen atoms in total. The average Bonchev–Trinajstić information content (AvgIpc) is 2.86. The lowest BCUT2D eigenvalue weighted by Crippen LogP contribution is -2.58. The summed E-state index contributed by atoms with van der Waals surface area (Å²) >= 11 is 0. The predicted octanol–water partition coefficient (Wildman–Crippen LogP) is 4.26. The van der Waals surface area contributed by atoms with Gasteiger partial charge in [-0.1, -0.05) is 19.9 Å². The molecular weight excluding hydrogens is 545 g/mol. The van der Waals surface area contributed by atoms with Crippen molar-refractivity contribution < 1.29 is 26.7 Å². The van der Waals surface area contributed by atoms with Gasteiger partial charge >= 0.3 is 5.92 Å². The SMILES string of the molecule is CC(C)c1ccc(N2C[C@H](CS(C)(=O)=O)[C@H]2C)c2cnc(Nc3ccnc(N4CC[C@](O)(F)C(F)(F)C4)n3)cc12. The molecule has 0 aliphatic carbocycles. The van der Waals surface area contributed by atoms with Crippen molar-refractivity contribution in [2.45, 2.75) is 50.9 Å². The van der Waals surface area contributed by atoms with Crippen molar-refractivity contribution in [1.82, 2.24) is 15.0 Å². The summed E-state index contributed by atoms with van der Waals surface area (Å²) in [5.74, 6) is -6.28. The average molecular weight is 579 g/mol. The van der Waals surface area contributed by atoms with Gasteiger partial charge in [-0.15, -0.1) is 0 Å². The van der Waals surface area contributed by atoms with E-state index in [1.165, 1.54) is 12.5 Å². The molecule has 2 N–H and O–H groups in total. The smallest absolute Gasteiger partial charge is 0.322 e. The van der Waals surface area contributed by atoms with E-state index in [2.05, 4.69) is 51.1 Å². The number of sulfone groups is 1. The fraction of sp³-hybridized carbons (Fsp3) is 0.519. The number of rotatable bonds is 7. The number of aromatic nitrogens is 3. The summed E-state index contributed by atoms with van der Waals surface area (Å²) < 4.78 is 65.6. The van der Waals surface area contributed by atoms with Crippen LogP contribution in [0.25, 0.3) is 10.8 Å². The van der Waals surface area contributed by atoms with Crippen LogP contribution in [0.1, 0.15) is 38.7 Å². The van der Waals surface area contributed by atoms with Gasteiger partial charge in [0.05, 0.1) is 12.3 Å². The molecule has 2 aliphatic rings. The number of benzene rings is 1. The zero-order valence-electron chi connectivity index (χ0n) is 22.8. The van der Waals surface area contributed by atoms with Gasteiger partial charge in [-0.25, -0.2) is 22.8 Å². The van der Waals surface area contributed by atoms with Gasteiger partial charge in [-0.05, 0) is 42.0 Å². The molecule has 40 heavy (non-hydrogen) atoms. The van der Waals surface area contributed by atoms with Gasteiger partial charge in [0, 0.05) is 61.2 Å². The minimum absolute atomic E-state index is 0.0125. The minimum atomic E-state index is -3.96. The van der Waals surface area contributed by atoms with Crippen LogP contribution in [0.2, 0.25) is 0 Å². The van der Waals surface area contributed by atoms with Crippen LogP contribution in [-0.4, -0.2) is 77.9 Å². The van der Waals surface area contributed by atoms with Crippen LogP contribution < -0.4 is 15.1 Å². The van der Waals surface area contributed by atoms with Gasteiger partial charge in [-0.2, -0.15) is 13.8 Å². The van der Waals surface area contributed by atoms with Gasteiger partial charge in [0.2, 0.25) is 5.95 Å². The third kappa shape index (κ3) is 5.40. The normalized spacial score (nSPS) is 24.8. The first-order chi connectivity index (χ1) is 18.6. The molecule has 2 saturated heterocycles. The molecule has 0 radical (unpaired) electrons. The molecule has 0 spiro atoms. The Hall–Kier alpha value is -3.19. The molecule has 1 aromatic carbocycles. The summed E-state index contributed by atoms with van der Waals surface area (Å²) in [5.41, 5.74) is 2.10. The van der Waals surface area contributed by atoms with Crippen LogP contribution in [0.3, 0.4) is 0 Å². The summed E-state index contributed by atoms with van der Waals surface area (Å²) in [6.07, 6.45) is 3.68. The van der Waals surface area contributed by atoms with Crippen LogP contribution in [0.15, 0.2) is 36.7 Å². The van der Waals surface area contributed by atoms with E-state index in [-0.39, 0.29) is 36.1 Å². The molecule has 13 heteroatoms. The van der Waals surface area contributed by atoms with Crippen molar-refractivity contribution in [3.63, 3.8) is 0 Å². The van der Waals surface area contributed by atoms with Crippen LogP contribution in [0, 0.1) is 5.92 Å². The fourth-order valence-electron chi connectivity index (χ4n) is 5.43. The van der Waals surface area contributed by atoms with Crippen molar-refractivity contribution in [3.8, 4) is 0 Å². The Balaban J connectivity index is 1.41. The largest absolute Gasteiger partial charge is 0.368 e. The number of nitrogens with one attached hydrogen (secondary N) is 1. The number of hydrogen-bond donors (Lipinski definition) is 2. The Kier molecular flexibility index (Phi) is 7.10. The highest BCUT2D eigenvalue weighted by Crippen LogP contribution is 2.40. The van der Waals surface area contributed by atoms with Crippen molar-refractivity contribution in [1.29, 1.82) is 0 Å². The third-order valence-electron chi connectivity index (χ3n) is 7.81. The van der Waals surface area contributed by atoms with E-state index in [0.29, 0.717) is 18.2 Å². The van der Waals surface area contributed by atoms with Crippen molar-refractivity contribution in [3.05, 3.63) is 42.2 Å². The predicted molar refractivity (Wildman–Crippen MR) is 149 cm³/mol. The molecule has 0 amide bonds. The standard InChI is InChI=1S/C27H33F3N6O3S/c1-16(2)19-5-6-22(36-13-18(17(36)3)14-40(4,38)39)21-12-32-24(11-20(19)21)33-23-7-9-31-25(34-23)35-10-8-27(30,37)26(28,29)15-35/h5-7,9,11-12,16-18,37H,8,10,13-15H2,1-4H3,(H,31,32,33,34)/t17-,18-,27-/m1/s1. The molecule has 2 aliphatic heterocycles. The molecule has 216 valence electrons. The quantitative estimate of drug-likeness (QED) is 0.425. The van der Waals surface area contributed by atoms with Crippen molar-refractivity contribution in [2.24, 2.45) is 5.92 Å². The van der Waals surface area contributed by atoms with E-state index < -0.39 is 34.6 Å². The molecule has 3 atom stereocenters. The molecule has 0 bridgehead atoms. The first-order valence-corrected chi connectivity index (χ1v) is 15.2. The first kappa shape index (κ1) is 28.3. The van der Waals surface area contributed by atoms with E-state index >= 15 is 0 Å². The summed E-state index contributed by atoms with van der Waals surface area (Å²) in [4.78, 5) is 16.3. The molecule has 5 rings (SSSR count). The van der Waals surface area contributed by atoms with Crippen LogP contribution in [0.5, 0.6) is 0 Å². The molecule has 4 heterocycles. The van der Waals surface area contributed by atoms with Gasteiger partial charge in [0.1, 0.15) is 21.5 Å². The molecule has 2 fully saturated rings. The second kappa shape index (κ2) is 10.0. The highest BCUT2D eigenvalue weighted by Gasteiger charge is 2.57. The number of anilines is 4. The van der Waals surface area contributed by atoms with Crippen LogP contribution in [0.4, 0.5) is 36.4 Å². The summed E-state index contributed by atoms with van der Waals surface area (Å²) in [7, 11) is -3.07. The topological polar surface area (TPSA) is 112 Å². The van der Waals surface area contributed by atoms with E-state index in [4.69, 9.17) is 0 Å².